The van der Waals surface area contributed by atoms with Crippen LogP contribution < -0.4 is 20.3 Å². The topological polar surface area (TPSA) is 76.7 Å². The van der Waals surface area contributed by atoms with E-state index in [1.807, 2.05) is 19.1 Å². The summed E-state index contributed by atoms with van der Waals surface area (Å²) in [7, 11) is 0. The van der Waals surface area contributed by atoms with Gasteiger partial charge in [-0.3, -0.25) is 20.4 Å². The minimum Gasteiger partial charge on any atom is -0.483 e. The van der Waals surface area contributed by atoms with Crippen molar-refractivity contribution in [3.8, 4) is 11.5 Å². The number of carbonyl (C=O) groups is 2. The second-order valence-electron chi connectivity index (χ2n) is 5.37. The zero-order chi connectivity index (χ0) is 19.8. The summed E-state index contributed by atoms with van der Waals surface area (Å²) < 4.78 is 12.2. The molecule has 0 saturated heterocycles. The Kier molecular flexibility index (Phi) is 8.40. The maximum Gasteiger partial charge on any atom is 0.276 e. The Morgan fingerprint density at radius 1 is 0.926 bits per heavy atom. The second-order valence-corrected chi connectivity index (χ2v) is 7.51. The molecule has 0 aliphatic heterocycles. The fourth-order valence-electron chi connectivity index (χ4n) is 1.97. The number of ether oxygens (including phenoxy) is 2. The average Bonchev–Trinajstić information content (AvgIpc) is 2.64. The van der Waals surface area contributed by atoms with Crippen LogP contribution in [0.15, 0.2) is 45.3 Å². The largest absolute Gasteiger partial charge is 0.483 e. The van der Waals surface area contributed by atoms with Crippen molar-refractivity contribution in [3.63, 3.8) is 0 Å². The number of benzene rings is 2. The van der Waals surface area contributed by atoms with Crippen LogP contribution in [0.5, 0.6) is 11.5 Å². The van der Waals surface area contributed by atoms with Gasteiger partial charge in [-0.05, 0) is 74.2 Å². The highest BCUT2D eigenvalue weighted by Crippen LogP contribution is 2.28. The van der Waals surface area contributed by atoms with Crippen LogP contribution in [0.25, 0.3) is 0 Å². The number of halogens is 3. The molecule has 0 bridgehead atoms. The lowest BCUT2D eigenvalue weighted by molar-refractivity contribution is -0.131. The third-order valence-electron chi connectivity index (χ3n) is 3.36. The van der Waals surface area contributed by atoms with Crippen molar-refractivity contribution < 1.29 is 19.1 Å². The lowest BCUT2D eigenvalue weighted by Gasteiger charge is -2.11. The van der Waals surface area contributed by atoms with Gasteiger partial charge < -0.3 is 9.47 Å². The van der Waals surface area contributed by atoms with Crippen molar-refractivity contribution in [3.05, 3.63) is 55.9 Å². The molecule has 0 saturated carbocycles. The maximum atomic E-state index is 11.8. The zero-order valence-corrected chi connectivity index (χ0v) is 18.3. The first kappa shape index (κ1) is 21.5. The van der Waals surface area contributed by atoms with Crippen LogP contribution in [0.1, 0.15) is 12.5 Å². The number of nitrogens with one attached hydrogen (secondary N) is 2. The van der Waals surface area contributed by atoms with Gasteiger partial charge in [-0.1, -0.05) is 24.6 Å². The standard InChI is InChI=1S/C18H17Br2ClN2O4/c1-2-11-3-5-15(13(19)7-11)26-9-17(24)22-23-18(25)10-27-16-6-4-12(21)8-14(16)20/h3-8H,2,9-10H2,1H3,(H,22,24)(H,23,25). The lowest BCUT2D eigenvalue weighted by Crippen LogP contribution is -2.45. The summed E-state index contributed by atoms with van der Waals surface area (Å²) in [4.78, 5) is 23.5. The van der Waals surface area contributed by atoms with Crippen molar-refractivity contribution in [2.45, 2.75) is 13.3 Å². The molecular weight excluding hydrogens is 503 g/mol. The van der Waals surface area contributed by atoms with Crippen LogP contribution in [0, 0.1) is 0 Å². The van der Waals surface area contributed by atoms with E-state index >= 15 is 0 Å². The molecule has 0 atom stereocenters. The molecule has 0 aromatic heterocycles. The molecule has 6 nitrogen and oxygen atoms in total. The van der Waals surface area contributed by atoms with Crippen LogP contribution in [0.2, 0.25) is 5.02 Å². The first-order valence-electron chi connectivity index (χ1n) is 7.95. The van der Waals surface area contributed by atoms with Crippen LogP contribution in [-0.4, -0.2) is 25.0 Å². The van der Waals surface area contributed by atoms with Crippen molar-refractivity contribution in [2.24, 2.45) is 0 Å². The molecule has 2 rings (SSSR count). The van der Waals surface area contributed by atoms with E-state index in [0.717, 1.165) is 16.5 Å². The number of hydrogen-bond acceptors (Lipinski definition) is 4. The van der Waals surface area contributed by atoms with Gasteiger partial charge in [0.15, 0.2) is 13.2 Å². The predicted molar refractivity (Wildman–Crippen MR) is 110 cm³/mol. The average molecular weight is 521 g/mol. The minimum atomic E-state index is -0.515. The zero-order valence-electron chi connectivity index (χ0n) is 14.4. The SMILES string of the molecule is CCc1ccc(OCC(=O)NNC(=O)COc2ccc(Cl)cc2Br)c(Br)c1. The summed E-state index contributed by atoms with van der Waals surface area (Å²) in [6, 6.07) is 10.6. The molecule has 2 aromatic carbocycles. The van der Waals surface area contributed by atoms with Gasteiger partial charge in [0.25, 0.3) is 11.8 Å². The highest BCUT2D eigenvalue weighted by Gasteiger charge is 2.09. The van der Waals surface area contributed by atoms with E-state index in [2.05, 4.69) is 42.7 Å². The van der Waals surface area contributed by atoms with Gasteiger partial charge in [-0.15, -0.1) is 0 Å². The Labute approximate surface area is 178 Å². The second kappa shape index (κ2) is 10.5. The molecule has 2 aromatic rings. The van der Waals surface area contributed by atoms with E-state index in [9.17, 15) is 9.59 Å². The smallest absolute Gasteiger partial charge is 0.276 e. The van der Waals surface area contributed by atoms with Gasteiger partial charge in [0, 0.05) is 5.02 Å². The van der Waals surface area contributed by atoms with E-state index < -0.39 is 11.8 Å². The van der Waals surface area contributed by atoms with Gasteiger partial charge in [0.05, 0.1) is 8.95 Å². The minimum absolute atomic E-state index is 0.242. The number of carbonyl (C=O) groups excluding carboxylic acids is 2. The van der Waals surface area contributed by atoms with Gasteiger partial charge in [-0.2, -0.15) is 0 Å². The fraction of sp³-hybridized carbons (Fsp3) is 0.222. The Morgan fingerprint density at radius 3 is 1.93 bits per heavy atom. The van der Waals surface area contributed by atoms with E-state index in [1.165, 1.54) is 0 Å². The van der Waals surface area contributed by atoms with Gasteiger partial charge in [-0.25, -0.2) is 0 Å². The molecule has 0 heterocycles. The quantitative estimate of drug-likeness (QED) is 0.541. The van der Waals surface area contributed by atoms with Gasteiger partial charge in [0.2, 0.25) is 0 Å². The molecule has 144 valence electrons. The van der Waals surface area contributed by atoms with Crippen molar-refractivity contribution in [2.75, 3.05) is 13.2 Å². The van der Waals surface area contributed by atoms with E-state index in [1.54, 1.807) is 24.3 Å². The maximum absolute atomic E-state index is 11.8. The number of rotatable bonds is 7. The third-order valence-corrected chi connectivity index (χ3v) is 4.83. The van der Waals surface area contributed by atoms with E-state index in [-0.39, 0.29) is 13.2 Å². The summed E-state index contributed by atoms with van der Waals surface area (Å²) in [6.07, 6.45) is 0.903. The van der Waals surface area contributed by atoms with E-state index in [0.29, 0.717) is 21.0 Å². The van der Waals surface area contributed by atoms with Crippen LogP contribution in [0.4, 0.5) is 0 Å². The molecule has 2 amide bonds. The molecule has 0 unspecified atom stereocenters. The molecule has 27 heavy (non-hydrogen) atoms. The molecule has 0 aliphatic rings. The van der Waals surface area contributed by atoms with Crippen LogP contribution in [0.3, 0.4) is 0 Å². The first-order valence-corrected chi connectivity index (χ1v) is 9.92. The summed E-state index contributed by atoms with van der Waals surface area (Å²) in [5.74, 6) is -0.00430. The molecule has 2 N–H and O–H groups in total. The van der Waals surface area contributed by atoms with Crippen LogP contribution >= 0.6 is 43.5 Å². The monoisotopic (exact) mass is 518 g/mol. The highest BCUT2D eigenvalue weighted by atomic mass is 79.9. The number of amides is 2. The number of hydrogen-bond donors (Lipinski definition) is 2. The van der Waals surface area contributed by atoms with E-state index in [4.69, 9.17) is 21.1 Å². The molecule has 0 aliphatic carbocycles. The van der Waals surface area contributed by atoms with Gasteiger partial charge >= 0.3 is 0 Å². The summed E-state index contributed by atoms with van der Waals surface area (Å²) in [5, 5.41) is 0.543. The molecule has 0 fully saturated rings. The first-order chi connectivity index (χ1) is 12.9. The van der Waals surface area contributed by atoms with Crippen molar-refractivity contribution in [1.29, 1.82) is 0 Å². The molecule has 0 radical (unpaired) electrons. The van der Waals surface area contributed by atoms with Gasteiger partial charge in [0.1, 0.15) is 11.5 Å². The molecular formula is C18H17Br2ClN2O4. The summed E-state index contributed by atoms with van der Waals surface area (Å²) in [5.41, 5.74) is 5.67. The Balaban J connectivity index is 1.72. The summed E-state index contributed by atoms with van der Waals surface area (Å²) >= 11 is 12.5. The predicted octanol–water partition coefficient (Wildman–Crippen LogP) is 4.03. The van der Waals surface area contributed by atoms with Crippen molar-refractivity contribution >= 4 is 55.3 Å². The lowest BCUT2D eigenvalue weighted by atomic mass is 10.2. The molecule has 0 spiro atoms. The number of aryl methyl sites for hydroxylation is 1. The Bertz CT molecular complexity index is 833. The normalized spacial score (nSPS) is 10.2. The third kappa shape index (κ3) is 7.04. The molecule has 9 heteroatoms. The number of hydrazine groups is 1. The summed E-state index contributed by atoms with van der Waals surface area (Å²) in [6.45, 7) is 1.53. The Morgan fingerprint density at radius 2 is 1.44 bits per heavy atom. The Hall–Kier alpha value is -1.77. The van der Waals surface area contributed by atoms with Crippen molar-refractivity contribution in [1.82, 2.24) is 10.9 Å². The fourth-order valence-corrected chi connectivity index (χ4v) is 3.31. The van der Waals surface area contributed by atoms with Crippen LogP contribution in [-0.2, 0) is 16.0 Å². The highest BCUT2D eigenvalue weighted by molar-refractivity contribution is 9.10.